The molecule has 1 spiro atoms. The van der Waals surface area contributed by atoms with E-state index >= 15 is 0 Å². The molecule has 16 heteroatoms. The minimum absolute atomic E-state index is 0.254. The van der Waals surface area contributed by atoms with Crippen LogP contribution in [-0.2, 0) is 23.7 Å². The van der Waals surface area contributed by atoms with Gasteiger partial charge in [0.15, 0.2) is 12.4 Å². The van der Waals surface area contributed by atoms with E-state index in [1.54, 1.807) is 7.05 Å². The zero-order chi connectivity index (χ0) is 26.5. The maximum atomic E-state index is 10.7. The summed E-state index contributed by atoms with van der Waals surface area (Å²) in [6, 6.07) is -2.50. The molecule has 3 aliphatic heterocycles. The SMILES string of the molecule is CN[C@@H]1C[C@H](N)[C@@H](O)[C@H](OC2O[C@H](CO)C(O)C3OC4(O[C@@H]23)O[C@H](C(N)CO)[C@H](O)[C@H](O)[C@H]4O)[C@H]1O. The summed E-state index contributed by atoms with van der Waals surface area (Å²) in [6.07, 6.45) is -17.7. The monoisotopic (exact) mass is 527 g/mol. The summed E-state index contributed by atoms with van der Waals surface area (Å²) in [5.41, 5.74) is 11.8. The van der Waals surface area contributed by atoms with Crippen molar-refractivity contribution in [1.29, 1.82) is 0 Å². The van der Waals surface area contributed by atoms with E-state index in [4.69, 9.17) is 35.2 Å². The Morgan fingerprint density at radius 2 is 1.61 bits per heavy atom. The normalized spacial score (nSPS) is 54.4. The van der Waals surface area contributed by atoms with Crippen molar-refractivity contribution in [2.75, 3.05) is 20.3 Å². The lowest BCUT2D eigenvalue weighted by molar-refractivity contribution is -0.439. The van der Waals surface area contributed by atoms with Crippen molar-refractivity contribution in [3.8, 4) is 0 Å². The van der Waals surface area contributed by atoms with E-state index < -0.39 is 111 Å². The third-order valence-corrected chi connectivity index (χ3v) is 7.42. The van der Waals surface area contributed by atoms with E-state index in [9.17, 15) is 40.9 Å². The van der Waals surface area contributed by atoms with Crippen LogP contribution >= 0.6 is 0 Å². The van der Waals surface area contributed by atoms with E-state index in [1.807, 2.05) is 0 Å². The number of aliphatic hydroxyl groups is 8. The van der Waals surface area contributed by atoms with Crippen LogP contribution in [0.5, 0.6) is 0 Å². The topological polar surface area (TPSA) is 272 Å². The van der Waals surface area contributed by atoms with Gasteiger partial charge < -0.3 is 81.3 Å². The summed E-state index contributed by atoms with van der Waals surface area (Å²) in [6.45, 7) is -1.33. The van der Waals surface area contributed by atoms with Crippen LogP contribution in [0.3, 0.4) is 0 Å². The van der Waals surface area contributed by atoms with Gasteiger partial charge in [-0.25, -0.2) is 0 Å². The Morgan fingerprint density at radius 3 is 2.22 bits per heavy atom. The van der Waals surface area contributed by atoms with Crippen molar-refractivity contribution in [2.45, 2.75) is 104 Å². The highest BCUT2D eigenvalue weighted by molar-refractivity contribution is 5.05. The number of nitrogens with two attached hydrogens (primary N) is 2. The third kappa shape index (κ3) is 4.68. The van der Waals surface area contributed by atoms with E-state index in [-0.39, 0.29) is 6.42 Å². The van der Waals surface area contributed by atoms with Crippen LogP contribution in [0.15, 0.2) is 0 Å². The summed E-state index contributed by atoms with van der Waals surface area (Å²) in [5, 5.41) is 85.6. The summed E-state index contributed by atoms with van der Waals surface area (Å²) in [4.78, 5) is 0. The molecule has 16 nitrogen and oxygen atoms in total. The quantitative estimate of drug-likeness (QED) is 0.153. The molecule has 13 N–H and O–H groups in total. The minimum atomic E-state index is -2.48. The largest absolute Gasteiger partial charge is 0.395 e. The van der Waals surface area contributed by atoms with Crippen LogP contribution in [0.1, 0.15) is 6.42 Å². The first-order valence-electron chi connectivity index (χ1n) is 11.8. The summed E-state index contributed by atoms with van der Waals surface area (Å²) < 4.78 is 28.7. The third-order valence-electron chi connectivity index (χ3n) is 7.42. The van der Waals surface area contributed by atoms with Gasteiger partial charge in [0.05, 0.1) is 31.5 Å². The number of hydrogen-bond acceptors (Lipinski definition) is 16. The highest BCUT2D eigenvalue weighted by atomic mass is 16.9. The number of likely N-dealkylation sites (N-methyl/N-ethyl adjacent to an activating group) is 1. The van der Waals surface area contributed by atoms with Gasteiger partial charge >= 0.3 is 5.97 Å². The fourth-order valence-corrected chi connectivity index (χ4v) is 5.23. The number of rotatable bonds is 6. The predicted molar refractivity (Wildman–Crippen MR) is 115 cm³/mol. The van der Waals surface area contributed by atoms with Gasteiger partial charge in [0.2, 0.25) is 0 Å². The lowest BCUT2D eigenvalue weighted by atomic mass is 9.84. The van der Waals surface area contributed by atoms with Crippen LogP contribution in [0.2, 0.25) is 0 Å². The molecule has 0 bridgehead atoms. The lowest BCUT2D eigenvalue weighted by Gasteiger charge is -2.46. The van der Waals surface area contributed by atoms with Gasteiger partial charge in [-0.3, -0.25) is 0 Å². The van der Waals surface area contributed by atoms with E-state index in [0.29, 0.717) is 0 Å². The highest BCUT2D eigenvalue weighted by Crippen LogP contribution is 2.45. The van der Waals surface area contributed by atoms with Crippen LogP contribution in [0, 0.1) is 0 Å². The smallest absolute Gasteiger partial charge is 0.314 e. The van der Waals surface area contributed by atoms with E-state index in [0.717, 1.165) is 0 Å². The molecule has 5 unspecified atom stereocenters. The Bertz CT molecular complexity index is 756. The van der Waals surface area contributed by atoms with Crippen molar-refractivity contribution < 1.29 is 64.5 Å². The van der Waals surface area contributed by atoms with Crippen molar-refractivity contribution >= 4 is 0 Å². The minimum Gasteiger partial charge on any atom is -0.395 e. The molecular weight excluding hydrogens is 490 g/mol. The van der Waals surface area contributed by atoms with Gasteiger partial charge in [0.1, 0.15) is 48.8 Å². The summed E-state index contributed by atoms with van der Waals surface area (Å²) in [5.74, 6) is -2.48. The molecule has 36 heavy (non-hydrogen) atoms. The number of hydrogen-bond donors (Lipinski definition) is 11. The first kappa shape index (κ1) is 28.4. The molecule has 16 atom stereocenters. The maximum Gasteiger partial charge on any atom is 0.314 e. The van der Waals surface area contributed by atoms with Crippen LogP contribution in [0.4, 0.5) is 0 Å². The van der Waals surface area contributed by atoms with Crippen molar-refractivity contribution in [2.24, 2.45) is 11.5 Å². The maximum absolute atomic E-state index is 10.7. The van der Waals surface area contributed by atoms with Gasteiger partial charge in [-0.05, 0) is 13.5 Å². The number of ether oxygens (including phenoxy) is 5. The number of fused-ring (bicyclic) bond motifs is 1. The Labute approximate surface area is 206 Å². The molecule has 0 radical (unpaired) electrons. The molecule has 210 valence electrons. The zero-order valence-electron chi connectivity index (χ0n) is 19.6. The van der Waals surface area contributed by atoms with Crippen LogP contribution in [0.25, 0.3) is 0 Å². The van der Waals surface area contributed by atoms with E-state index in [2.05, 4.69) is 5.32 Å². The molecule has 0 aromatic rings. The van der Waals surface area contributed by atoms with Gasteiger partial charge in [-0.15, -0.1) is 0 Å². The second-order valence-corrected chi connectivity index (χ2v) is 9.72. The van der Waals surface area contributed by atoms with Gasteiger partial charge in [0, 0.05) is 12.1 Å². The molecule has 1 aliphatic carbocycles. The Balaban J connectivity index is 1.62. The molecule has 0 aromatic carbocycles. The fourth-order valence-electron chi connectivity index (χ4n) is 5.23. The average molecular weight is 528 g/mol. The lowest BCUT2D eigenvalue weighted by Crippen LogP contribution is -2.69. The van der Waals surface area contributed by atoms with Gasteiger partial charge in [-0.1, -0.05) is 0 Å². The molecule has 0 amide bonds. The van der Waals surface area contributed by atoms with Crippen LogP contribution < -0.4 is 16.8 Å². The molecule has 4 aliphatic rings. The Kier molecular flexibility index (Phi) is 8.55. The molecule has 4 fully saturated rings. The molecular formula is C20H37N3O13. The first-order chi connectivity index (χ1) is 17.0. The predicted octanol–water partition coefficient (Wildman–Crippen LogP) is -7.27. The highest BCUT2D eigenvalue weighted by Gasteiger charge is 2.67. The van der Waals surface area contributed by atoms with Crippen molar-refractivity contribution in [3.05, 3.63) is 0 Å². The number of aliphatic hydroxyl groups excluding tert-OH is 8. The Morgan fingerprint density at radius 1 is 0.944 bits per heavy atom. The van der Waals surface area contributed by atoms with Crippen molar-refractivity contribution in [3.63, 3.8) is 0 Å². The fraction of sp³-hybridized carbons (Fsp3) is 1.00. The molecule has 0 aromatic heterocycles. The molecule has 3 heterocycles. The Hall–Kier alpha value is -0.640. The average Bonchev–Trinajstić information content (AvgIpc) is 3.27. The van der Waals surface area contributed by atoms with Gasteiger partial charge in [-0.2, -0.15) is 0 Å². The molecule has 1 saturated carbocycles. The second kappa shape index (κ2) is 10.9. The van der Waals surface area contributed by atoms with E-state index in [1.165, 1.54) is 0 Å². The second-order valence-electron chi connectivity index (χ2n) is 9.72. The molecule has 3 saturated heterocycles. The number of nitrogens with one attached hydrogen (secondary N) is 1. The summed E-state index contributed by atoms with van der Waals surface area (Å²) >= 11 is 0. The molecule has 4 rings (SSSR count). The van der Waals surface area contributed by atoms with Gasteiger partial charge in [0.25, 0.3) is 0 Å². The first-order valence-corrected chi connectivity index (χ1v) is 11.8. The standard InChI is InChI=1S/C20H37N3O13/c1-23-7-2-5(21)9(26)15(10(7)27)33-19-17-16(11(28)8(4-25)32-19)35-20(36-17)18(31)13(30)12(29)14(34-20)6(22)3-24/h5-19,23-31H,2-4,21-22H2,1H3/t5-,6?,7+,8+,9+,10-,11?,12+,13-,14+,15-,16?,17+,18+,19?,20?/m0/s1. The zero-order valence-corrected chi connectivity index (χ0v) is 19.6. The van der Waals surface area contributed by atoms with Crippen LogP contribution in [-0.4, -0.2) is 159 Å². The summed E-state index contributed by atoms with van der Waals surface area (Å²) in [7, 11) is 1.60. The van der Waals surface area contributed by atoms with Crippen molar-refractivity contribution in [1.82, 2.24) is 5.32 Å².